The second-order valence-electron chi connectivity index (χ2n) is 5.32. The second kappa shape index (κ2) is 6.06. The van der Waals surface area contributed by atoms with Gasteiger partial charge < -0.3 is 11.1 Å². The fourth-order valence-corrected chi connectivity index (χ4v) is 2.77. The predicted molar refractivity (Wildman–Crippen MR) is 74.0 cm³/mol. The number of benzene rings is 1. The fourth-order valence-electron chi connectivity index (χ4n) is 2.77. The molecule has 2 rings (SSSR count). The van der Waals surface area contributed by atoms with Gasteiger partial charge in [0.15, 0.2) is 0 Å². The molecule has 3 N–H and O–H groups in total. The molecule has 94 valence electrons. The van der Waals surface area contributed by atoms with Gasteiger partial charge in [-0.1, -0.05) is 31.9 Å². The molecular formula is C15H24N2. The Morgan fingerprint density at radius 2 is 2.12 bits per heavy atom. The molecule has 1 aliphatic carbocycles. The van der Waals surface area contributed by atoms with Gasteiger partial charge in [-0.05, 0) is 49.4 Å². The number of hydrogen-bond acceptors (Lipinski definition) is 2. The maximum absolute atomic E-state index is 5.77. The first-order valence-electron chi connectivity index (χ1n) is 6.83. The zero-order chi connectivity index (χ0) is 12.1. The van der Waals surface area contributed by atoms with Gasteiger partial charge in [0.05, 0.1) is 0 Å². The standard InChI is InChI=1S/C15H24N2/c1-12-5-2-3-8-15(12)17-10-9-13-6-4-7-14(16)11-13/h4,6-7,11-12,15,17H,2-3,5,8-10,16H2,1H3. The summed E-state index contributed by atoms with van der Waals surface area (Å²) in [6, 6.07) is 8.94. The Balaban J connectivity index is 1.75. The van der Waals surface area contributed by atoms with Crippen molar-refractivity contribution in [1.29, 1.82) is 0 Å². The molecule has 2 atom stereocenters. The van der Waals surface area contributed by atoms with E-state index in [1.54, 1.807) is 0 Å². The third-order valence-corrected chi connectivity index (χ3v) is 3.88. The first-order valence-corrected chi connectivity index (χ1v) is 6.83. The van der Waals surface area contributed by atoms with Gasteiger partial charge in [0, 0.05) is 11.7 Å². The molecular weight excluding hydrogens is 208 g/mol. The summed E-state index contributed by atoms with van der Waals surface area (Å²) in [5.41, 5.74) is 7.98. The molecule has 1 fully saturated rings. The molecule has 1 aromatic rings. The molecule has 0 saturated heterocycles. The van der Waals surface area contributed by atoms with Crippen LogP contribution in [0.1, 0.15) is 38.2 Å². The van der Waals surface area contributed by atoms with Gasteiger partial charge >= 0.3 is 0 Å². The Morgan fingerprint density at radius 3 is 2.88 bits per heavy atom. The molecule has 2 unspecified atom stereocenters. The van der Waals surface area contributed by atoms with Crippen molar-refractivity contribution in [3.8, 4) is 0 Å². The van der Waals surface area contributed by atoms with Gasteiger partial charge in [-0.3, -0.25) is 0 Å². The van der Waals surface area contributed by atoms with Crippen LogP contribution < -0.4 is 11.1 Å². The first kappa shape index (κ1) is 12.4. The quantitative estimate of drug-likeness (QED) is 0.783. The number of anilines is 1. The van der Waals surface area contributed by atoms with Crippen LogP contribution in [0.5, 0.6) is 0 Å². The van der Waals surface area contributed by atoms with Crippen LogP contribution in [-0.4, -0.2) is 12.6 Å². The van der Waals surface area contributed by atoms with Crippen molar-refractivity contribution < 1.29 is 0 Å². The van der Waals surface area contributed by atoms with Crippen molar-refractivity contribution in [2.45, 2.75) is 45.1 Å². The Kier molecular flexibility index (Phi) is 4.43. The van der Waals surface area contributed by atoms with E-state index in [0.717, 1.165) is 30.6 Å². The Bertz CT molecular complexity index is 349. The molecule has 2 heteroatoms. The topological polar surface area (TPSA) is 38.0 Å². The minimum atomic E-state index is 0.727. The van der Waals surface area contributed by atoms with E-state index in [2.05, 4.69) is 24.4 Å². The highest BCUT2D eigenvalue weighted by Crippen LogP contribution is 2.23. The highest BCUT2D eigenvalue weighted by atomic mass is 14.9. The largest absolute Gasteiger partial charge is 0.399 e. The summed E-state index contributed by atoms with van der Waals surface area (Å²) in [6.45, 7) is 3.44. The summed E-state index contributed by atoms with van der Waals surface area (Å²) in [5, 5.41) is 3.70. The lowest BCUT2D eigenvalue weighted by molar-refractivity contribution is 0.282. The Morgan fingerprint density at radius 1 is 1.29 bits per heavy atom. The van der Waals surface area contributed by atoms with Gasteiger partial charge in [0.1, 0.15) is 0 Å². The monoisotopic (exact) mass is 232 g/mol. The third-order valence-electron chi connectivity index (χ3n) is 3.88. The number of rotatable bonds is 4. The van der Waals surface area contributed by atoms with Gasteiger partial charge in [-0.15, -0.1) is 0 Å². The van der Waals surface area contributed by atoms with Gasteiger partial charge in [0.2, 0.25) is 0 Å². The maximum atomic E-state index is 5.77. The SMILES string of the molecule is CC1CCCCC1NCCc1cccc(N)c1. The summed E-state index contributed by atoms with van der Waals surface area (Å²) in [4.78, 5) is 0. The van der Waals surface area contributed by atoms with Gasteiger partial charge in [-0.25, -0.2) is 0 Å². The molecule has 0 aromatic heterocycles. The van der Waals surface area contributed by atoms with Crippen LogP contribution in [0, 0.1) is 5.92 Å². The Labute approximate surface area is 105 Å². The molecule has 0 spiro atoms. The zero-order valence-electron chi connectivity index (χ0n) is 10.8. The predicted octanol–water partition coefficient (Wildman–Crippen LogP) is 2.98. The molecule has 1 saturated carbocycles. The van der Waals surface area contributed by atoms with Crippen molar-refractivity contribution >= 4 is 5.69 Å². The highest BCUT2D eigenvalue weighted by molar-refractivity contribution is 5.40. The van der Waals surface area contributed by atoms with E-state index in [9.17, 15) is 0 Å². The van der Waals surface area contributed by atoms with Crippen LogP contribution >= 0.6 is 0 Å². The van der Waals surface area contributed by atoms with Crippen molar-refractivity contribution in [3.63, 3.8) is 0 Å². The van der Waals surface area contributed by atoms with Gasteiger partial charge in [0.25, 0.3) is 0 Å². The van der Waals surface area contributed by atoms with E-state index in [-0.39, 0.29) is 0 Å². The lowest BCUT2D eigenvalue weighted by atomic mass is 9.86. The zero-order valence-corrected chi connectivity index (χ0v) is 10.8. The maximum Gasteiger partial charge on any atom is 0.0316 e. The summed E-state index contributed by atoms with van der Waals surface area (Å²) in [5.74, 6) is 0.838. The van der Waals surface area contributed by atoms with Crippen LogP contribution in [0.3, 0.4) is 0 Å². The van der Waals surface area contributed by atoms with Crippen LogP contribution in [0.2, 0.25) is 0 Å². The molecule has 2 nitrogen and oxygen atoms in total. The van der Waals surface area contributed by atoms with Crippen LogP contribution in [0.4, 0.5) is 5.69 Å². The van der Waals surface area contributed by atoms with Crippen molar-refractivity contribution in [2.75, 3.05) is 12.3 Å². The lowest BCUT2D eigenvalue weighted by Gasteiger charge is -2.29. The van der Waals surface area contributed by atoms with E-state index < -0.39 is 0 Å². The molecule has 1 aliphatic rings. The fraction of sp³-hybridized carbons (Fsp3) is 0.600. The molecule has 0 aliphatic heterocycles. The van der Waals surface area contributed by atoms with E-state index in [1.165, 1.54) is 31.2 Å². The molecule has 0 amide bonds. The minimum Gasteiger partial charge on any atom is -0.399 e. The summed E-state index contributed by atoms with van der Waals surface area (Å²) >= 11 is 0. The van der Waals surface area contributed by atoms with Crippen LogP contribution in [-0.2, 0) is 6.42 Å². The minimum absolute atomic E-state index is 0.727. The highest BCUT2D eigenvalue weighted by Gasteiger charge is 2.19. The lowest BCUT2D eigenvalue weighted by Crippen LogP contribution is -2.38. The Hall–Kier alpha value is -1.02. The molecule has 0 bridgehead atoms. The molecule has 1 aromatic carbocycles. The number of nitrogens with two attached hydrogens (primary N) is 1. The van der Waals surface area contributed by atoms with Crippen molar-refractivity contribution in [1.82, 2.24) is 5.32 Å². The third kappa shape index (κ3) is 3.74. The van der Waals surface area contributed by atoms with Crippen molar-refractivity contribution in [2.24, 2.45) is 5.92 Å². The molecule has 0 radical (unpaired) electrons. The summed E-state index contributed by atoms with van der Waals surface area (Å²) in [6.07, 6.45) is 6.61. The van der Waals surface area contributed by atoms with E-state index in [0.29, 0.717) is 0 Å². The average Bonchev–Trinajstić information content (AvgIpc) is 2.32. The first-order chi connectivity index (χ1) is 8.25. The van der Waals surface area contributed by atoms with Gasteiger partial charge in [-0.2, -0.15) is 0 Å². The van der Waals surface area contributed by atoms with Crippen molar-refractivity contribution in [3.05, 3.63) is 29.8 Å². The van der Waals surface area contributed by atoms with E-state index >= 15 is 0 Å². The smallest absolute Gasteiger partial charge is 0.0316 e. The van der Waals surface area contributed by atoms with E-state index in [4.69, 9.17) is 5.73 Å². The molecule has 0 heterocycles. The number of nitrogen functional groups attached to an aromatic ring is 1. The van der Waals surface area contributed by atoms with E-state index in [1.807, 2.05) is 12.1 Å². The molecule has 17 heavy (non-hydrogen) atoms. The van der Waals surface area contributed by atoms with Crippen LogP contribution in [0.15, 0.2) is 24.3 Å². The van der Waals surface area contributed by atoms with Crippen LogP contribution in [0.25, 0.3) is 0 Å². The summed E-state index contributed by atoms with van der Waals surface area (Å²) in [7, 11) is 0. The second-order valence-corrected chi connectivity index (χ2v) is 5.32. The number of nitrogens with one attached hydrogen (secondary N) is 1. The normalized spacial score (nSPS) is 24.8. The average molecular weight is 232 g/mol. The summed E-state index contributed by atoms with van der Waals surface area (Å²) < 4.78 is 0. The number of hydrogen-bond donors (Lipinski definition) is 2.